The number of carboxylic acid groups (broad SMARTS) is 1. The quantitative estimate of drug-likeness (QED) is 0.700. The Hall–Kier alpha value is -0.420. The summed E-state index contributed by atoms with van der Waals surface area (Å²) in [4.78, 5) is 12.5. The van der Waals surface area contributed by atoms with E-state index in [9.17, 15) is 9.90 Å². The van der Waals surface area contributed by atoms with E-state index in [2.05, 4.69) is 5.32 Å². The molecule has 0 heterocycles. The molecular formula is C15H21Cl2NO2S. The van der Waals surface area contributed by atoms with Crippen LogP contribution < -0.4 is 5.32 Å². The Morgan fingerprint density at radius 1 is 1.33 bits per heavy atom. The lowest BCUT2D eigenvalue weighted by atomic mass is 9.95. The highest BCUT2D eigenvalue weighted by molar-refractivity contribution is 8.00. The van der Waals surface area contributed by atoms with Gasteiger partial charge in [-0.3, -0.25) is 10.1 Å². The van der Waals surface area contributed by atoms with Gasteiger partial charge in [0.1, 0.15) is 5.54 Å². The summed E-state index contributed by atoms with van der Waals surface area (Å²) in [6.07, 6.45) is 0.505. The van der Waals surface area contributed by atoms with Gasteiger partial charge in [0.15, 0.2) is 0 Å². The van der Waals surface area contributed by atoms with E-state index in [1.165, 1.54) is 0 Å². The van der Waals surface area contributed by atoms with Crippen molar-refractivity contribution < 1.29 is 9.90 Å². The van der Waals surface area contributed by atoms with E-state index < -0.39 is 11.5 Å². The van der Waals surface area contributed by atoms with Crippen LogP contribution in [0.1, 0.15) is 34.1 Å². The number of carbonyl (C=O) groups is 1. The van der Waals surface area contributed by atoms with E-state index in [0.717, 1.165) is 4.90 Å². The maximum absolute atomic E-state index is 11.5. The van der Waals surface area contributed by atoms with Gasteiger partial charge in [0.2, 0.25) is 0 Å². The molecule has 6 heteroatoms. The first-order valence-electron chi connectivity index (χ1n) is 6.77. The van der Waals surface area contributed by atoms with Gasteiger partial charge in [0.05, 0.1) is 10.0 Å². The zero-order valence-electron chi connectivity index (χ0n) is 12.6. The Morgan fingerprint density at radius 3 is 2.43 bits per heavy atom. The number of hydrogen-bond donors (Lipinski definition) is 2. The number of carboxylic acids is 1. The second kappa shape index (κ2) is 7.73. The van der Waals surface area contributed by atoms with Gasteiger partial charge in [-0.05, 0) is 45.4 Å². The molecular weight excluding hydrogens is 329 g/mol. The van der Waals surface area contributed by atoms with Gasteiger partial charge in [-0.2, -0.15) is 0 Å². The normalized spacial score (nSPS) is 15.8. The SMILES string of the molecule is CC(C)NC(C)(CC(C)Sc1ccc(Cl)c(Cl)c1)C(=O)O. The third-order valence-corrected chi connectivity index (χ3v) is 4.84. The Bertz CT molecular complexity index is 510. The van der Waals surface area contributed by atoms with Crippen molar-refractivity contribution in [3.8, 4) is 0 Å². The Balaban J connectivity index is 2.76. The van der Waals surface area contributed by atoms with Crippen molar-refractivity contribution in [1.29, 1.82) is 0 Å². The number of benzene rings is 1. The van der Waals surface area contributed by atoms with Crippen LogP contribution in [0, 0.1) is 0 Å². The molecule has 0 aliphatic carbocycles. The van der Waals surface area contributed by atoms with Gasteiger partial charge in [-0.15, -0.1) is 11.8 Å². The molecule has 1 aromatic carbocycles. The molecule has 1 aromatic rings. The standard InChI is InChI=1S/C15H21Cl2NO2S/c1-9(2)18-15(4,14(19)20)8-10(3)21-11-5-6-12(16)13(17)7-11/h5-7,9-10,18H,8H2,1-4H3,(H,19,20). The molecule has 0 fully saturated rings. The third kappa shape index (κ3) is 5.70. The number of hydrogen-bond acceptors (Lipinski definition) is 3. The number of nitrogens with one attached hydrogen (secondary N) is 1. The van der Waals surface area contributed by atoms with Gasteiger partial charge in [-0.1, -0.05) is 30.1 Å². The van der Waals surface area contributed by atoms with E-state index in [-0.39, 0.29) is 11.3 Å². The summed E-state index contributed by atoms with van der Waals surface area (Å²) in [6, 6.07) is 5.55. The number of aliphatic carboxylic acids is 1. The average Bonchev–Trinajstić information content (AvgIpc) is 2.32. The van der Waals surface area contributed by atoms with E-state index in [1.54, 1.807) is 30.8 Å². The van der Waals surface area contributed by atoms with Crippen molar-refractivity contribution in [3.05, 3.63) is 28.2 Å². The van der Waals surface area contributed by atoms with E-state index in [1.807, 2.05) is 26.8 Å². The van der Waals surface area contributed by atoms with Crippen LogP contribution in [0.15, 0.2) is 23.1 Å². The molecule has 0 aliphatic heterocycles. The smallest absolute Gasteiger partial charge is 0.323 e. The first-order valence-corrected chi connectivity index (χ1v) is 8.40. The average molecular weight is 350 g/mol. The first kappa shape index (κ1) is 18.6. The lowest BCUT2D eigenvalue weighted by Crippen LogP contribution is -2.53. The van der Waals surface area contributed by atoms with Gasteiger partial charge < -0.3 is 5.11 Å². The van der Waals surface area contributed by atoms with Crippen LogP contribution in [0.4, 0.5) is 0 Å². The second-order valence-corrected chi connectivity index (χ2v) is 7.97. The van der Waals surface area contributed by atoms with Crippen molar-refractivity contribution in [1.82, 2.24) is 5.32 Å². The minimum Gasteiger partial charge on any atom is -0.480 e. The minimum absolute atomic E-state index is 0.105. The fourth-order valence-corrected chi connectivity index (χ4v) is 3.82. The summed E-state index contributed by atoms with van der Waals surface area (Å²) in [5.41, 5.74) is -0.948. The van der Waals surface area contributed by atoms with Gasteiger partial charge >= 0.3 is 5.97 Å². The molecule has 21 heavy (non-hydrogen) atoms. The van der Waals surface area contributed by atoms with E-state index in [0.29, 0.717) is 16.5 Å². The van der Waals surface area contributed by atoms with Gasteiger partial charge in [0, 0.05) is 16.2 Å². The van der Waals surface area contributed by atoms with Crippen molar-refractivity contribution >= 4 is 40.9 Å². The summed E-state index contributed by atoms with van der Waals surface area (Å²) in [7, 11) is 0. The van der Waals surface area contributed by atoms with E-state index >= 15 is 0 Å². The van der Waals surface area contributed by atoms with Gasteiger partial charge in [0.25, 0.3) is 0 Å². The molecule has 0 aliphatic rings. The van der Waals surface area contributed by atoms with Crippen LogP contribution in [-0.4, -0.2) is 27.9 Å². The monoisotopic (exact) mass is 349 g/mol. The molecule has 0 amide bonds. The molecule has 2 N–H and O–H groups in total. The predicted molar refractivity (Wildman–Crippen MR) is 90.7 cm³/mol. The zero-order valence-corrected chi connectivity index (χ0v) is 14.9. The molecule has 0 bridgehead atoms. The molecule has 2 atom stereocenters. The second-order valence-electron chi connectivity index (χ2n) is 5.64. The molecule has 0 aromatic heterocycles. The van der Waals surface area contributed by atoms with Crippen LogP contribution in [-0.2, 0) is 4.79 Å². The Labute approximate surface area is 140 Å². The van der Waals surface area contributed by atoms with Crippen molar-refractivity contribution in [2.75, 3.05) is 0 Å². The third-order valence-electron chi connectivity index (χ3n) is 3.00. The highest BCUT2D eigenvalue weighted by Crippen LogP contribution is 2.33. The molecule has 1 rings (SSSR count). The largest absolute Gasteiger partial charge is 0.480 e. The summed E-state index contributed by atoms with van der Waals surface area (Å²) < 4.78 is 0. The molecule has 0 saturated heterocycles. The number of thioether (sulfide) groups is 1. The molecule has 0 radical (unpaired) electrons. The molecule has 2 unspecified atom stereocenters. The fourth-order valence-electron chi connectivity index (χ4n) is 2.24. The van der Waals surface area contributed by atoms with Crippen LogP contribution in [0.3, 0.4) is 0 Å². The van der Waals surface area contributed by atoms with Crippen molar-refractivity contribution in [3.63, 3.8) is 0 Å². The lowest BCUT2D eigenvalue weighted by Gasteiger charge is -2.31. The van der Waals surface area contributed by atoms with Crippen LogP contribution in [0.2, 0.25) is 10.0 Å². The lowest BCUT2D eigenvalue weighted by molar-refractivity contribution is -0.144. The summed E-state index contributed by atoms with van der Waals surface area (Å²) in [5.74, 6) is -0.835. The van der Waals surface area contributed by atoms with Crippen LogP contribution in [0.5, 0.6) is 0 Å². The number of rotatable bonds is 7. The fraction of sp³-hybridized carbons (Fsp3) is 0.533. The maximum atomic E-state index is 11.5. The summed E-state index contributed by atoms with van der Waals surface area (Å²) in [6.45, 7) is 7.62. The minimum atomic E-state index is -0.948. The van der Waals surface area contributed by atoms with Crippen LogP contribution >= 0.6 is 35.0 Å². The highest BCUT2D eigenvalue weighted by Gasteiger charge is 2.35. The molecule has 0 spiro atoms. The van der Waals surface area contributed by atoms with Crippen molar-refractivity contribution in [2.45, 2.75) is 55.8 Å². The van der Waals surface area contributed by atoms with Crippen LogP contribution in [0.25, 0.3) is 0 Å². The highest BCUT2D eigenvalue weighted by atomic mass is 35.5. The maximum Gasteiger partial charge on any atom is 0.323 e. The number of halogens is 2. The van der Waals surface area contributed by atoms with E-state index in [4.69, 9.17) is 23.2 Å². The summed E-state index contributed by atoms with van der Waals surface area (Å²) in [5, 5.41) is 13.7. The first-order chi connectivity index (χ1) is 9.64. The molecule has 3 nitrogen and oxygen atoms in total. The molecule has 0 saturated carbocycles. The topological polar surface area (TPSA) is 49.3 Å². The Kier molecular flexibility index (Phi) is 6.85. The predicted octanol–water partition coefficient (Wildman–Crippen LogP) is 4.71. The van der Waals surface area contributed by atoms with Gasteiger partial charge in [-0.25, -0.2) is 0 Å². The zero-order chi connectivity index (χ0) is 16.2. The summed E-state index contributed by atoms with van der Waals surface area (Å²) >= 11 is 13.5. The molecule has 118 valence electrons. The Morgan fingerprint density at radius 2 is 1.95 bits per heavy atom. The van der Waals surface area contributed by atoms with Crippen molar-refractivity contribution in [2.24, 2.45) is 0 Å².